The average Bonchev–Trinajstić information content (AvgIpc) is 2.46. The second kappa shape index (κ2) is 6.78. The van der Waals surface area contributed by atoms with Gasteiger partial charge in [0.2, 0.25) is 0 Å². The van der Waals surface area contributed by atoms with Gasteiger partial charge in [0.05, 0.1) is 0 Å². The maximum Gasteiger partial charge on any atom is 0.191 e. The van der Waals surface area contributed by atoms with Crippen LogP contribution in [0.4, 0.5) is 0 Å². The molecular formula is C20H28O2. The molecule has 0 amide bonds. The lowest BCUT2D eigenvalue weighted by Crippen LogP contribution is -2.25. The van der Waals surface area contributed by atoms with Crippen LogP contribution in [-0.4, -0.2) is 17.0 Å². The van der Waals surface area contributed by atoms with Gasteiger partial charge in [-0.1, -0.05) is 56.7 Å². The fraction of sp³-hybridized carbons (Fsp3) is 0.550. The summed E-state index contributed by atoms with van der Waals surface area (Å²) in [7, 11) is 0. The second-order valence-corrected chi connectivity index (χ2v) is 7.60. The van der Waals surface area contributed by atoms with Crippen molar-refractivity contribution in [3.05, 3.63) is 47.0 Å². The molecule has 0 aliphatic heterocycles. The van der Waals surface area contributed by atoms with Crippen LogP contribution >= 0.6 is 0 Å². The molecule has 0 radical (unpaired) electrons. The Kier molecular flexibility index (Phi) is 5.23. The number of benzene rings is 1. The van der Waals surface area contributed by atoms with E-state index in [1.54, 1.807) is 6.07 Å². The van der Waals surface area contributed by atoms with E-state index in [-0.39, 0.29) is 5.78 Å². The van der Waals surface area contributed by atoms with Crippen molar-refractivity contribution in [2.45, 2.75) is 59.5 Å². The summed E-state index contributed by atoms with van der Waals surface area (Å²) in [6.07, 6.45) is 5.02. The Morgan fingerprint density at radius 3 is 2.55 bits per heavy atom. The van der Waals surface area contributed by atoms with Crippen LogP contribution in [0.3, 0.4) is 0 Å². The van der Waals surface area contributed by atoms with Gasteiger partial charge in [-0.05, 0) is 43.1 Å². The van der Waals surface area contributed by atoms with Crippen molar-refractivity contribution in [3.63, 3.8) is 0 Å². The minimum absolute atomic E-state index is 0.156. The first kappa shape index (κ1) is 17.0. The SMILES string of the molecule is Cc1ccccc1C(=O)[C@@H](O)CC1=CC[C@@H](C(C)(C)C)CC1. The van der Waals surface area contributed by atoms with Crippen LogP contribution in [-0.2, 0) is 0 Å². The largest absolute Gasteiger partial charge is 0.385 e. The van der Waals surface area contributed by atoms with Gasteiger partial charge in [-0.3, -0.25) is 4.79 Å². The molecule has 2 heteroatoms. The highest BCUT2D eigenvalue weighted by molar-refractivity contribution is 6.00. The van der Waals surface area contributed by atoms with E-state index in [1.807, 2.05) is 25.1 Å². The summed E-state index contributed by atoms with van der Waals surface area (Å²) >= 11 is 0. The molecule has 0 bridgehead atoms. The molecule has 1 aromatic rings. The molecule has 2 nitrogen and oxygen atoms in total. The molecule has 0 saturated heterocycles. The molecule has 22 heavy (non-hydrogen) atoms. The van der Waals surface area contributed by atoms with Crippen molar-refractivity contribution in [2.24, 2.45) is 11.3 Å². The van der Waals surface area contributed by atoms with Crippen LogP contribution in [0, 0.1) is 18.3 Å². The maximum atomic E-state index is 12.4. The molecule has 0 aromatic heterocycles. The Balaban J connectivity index is 1.99. The van der Waals surface area contributed by atoms with E-state index < -0.39 is 6.10 Å². The van der Waals surface area contributed by atoms with Crippen LogP contribution in [0.1, 0.15) is 62.4 Å². The summed E-state index contributed by atoms with van der Waals surface area (Å²) in [5.74, 6) is 0.539. The number of aliphatic hydroxyl groups is 1. The van der Waals surface area contributed by atoms with Gasteiger partial charge in [0.15, 0.2) is 5.78 Å². The van der Waals surface area contributed by atoms with Gasteiger partial charge >= 0.3 is 0 Å². The van der Waals surface area contributed by atoms with E-state index in [0.29, 0.717) is 23.3 Å². The van der Waals surface area contributed by atoms with Crippen molar-refractivity contribution in [3.8, 4) is 0 Å². The van der Waals surface area contributed by atoms with Crippen LogP contribution in [0.2, 0.25) is 0 Å². The first-order valence-corrected chi connectivity index (χ1v) is 8.25. The lowest BCUT2D eigenvalue weighted by atomic mass is 9.72. The summed E-state index contributed by atoms with van der Waals surface area (Å²) < 4.78 is 0. The summed E-state index contributed by atoms with van der Waals surface area (Å²) in [5, 5.41) is 10.3. The monoisotopic (exact) mass is 300 g/mol. The summed E-state index contributed by atoms with van der Waals surface area (Å²) in [4.78, 5) is 12.4. The minimum atomic E-state index is -0.918. The van der Waals surface area contributed by atoms with Crippen LogP contribution in [0.5, 0.6) is 0 Å². The number of aliphatic hydroxyl groups excluding tert-OH is 1. The van der Waals surface area contributed by atoms with Crippen molar-refractivity contribution >= 4 is 5.78 Å². The van der Waals surface area contributed by atoms with Gasteiger partial charge in [-0.25, -0.2) is 0 Å². The number of aryl methyl sites for hydroxylation is 1. The molecule has 0 fully saturated rings. The summed E-state index contributed by atoms with van der Waals surface area (Å²) in [6.45, 7) is 8.76. The number of carbonyl (C=O) groups excluding carboxylic acids is 1. The highest BCUT2D eigenvalue weighted by Gasteiger charge is 2.27. The molecule has 1 aliphatic carbocycles. The Labute approximate surface area is 134 Å². The van der Waals surface area contributed by atoms with E-state index in [0.717, 1.165) is 24.8 Å². The van der Waals surface area contributed by atoms with Gasteiger partial charge in [-0.2, -0.15) is 0 Å². The smallest absolute Gasteiger partial charge is 0.191 e. The zero-order chi connectivity index (χ0) is 16.3. The fourth-order valence-corrected chi connectivity index (χ4v) is 3.23. The molecule has 0 spiro atoms. The molecule has 2 atom stereocenters. The van der Waals surface area contributed by atoms with Gasteiger partial charge in [-0.15, -0.1) is 0 Å². The molecule has 1 N–H and O–H groups in total. The number of allylic oxidation sites excluding steroid dienone is 1. The second-order valence-electron chi connectivity index (χ2n) is 7.60. The van der Waals surface area contributed by atoms with Gasteiger partial charge < -0.3 is 5.11 Å². The molecule has 0 saturated carbocycles. The molecule has 1 aliphatic rings. The normalized spacial score (nSPS) is 20.4. The molecule has 2 rings (SSSR count). The van der Waals surface area contributed by atoms with Crippen LogP contribution < -0.4 is 0 Å². The van der Waals surface area contributed by atoms with Crippen LogP contribution in [0.15, 0.2) is 35.9 Å². The summed E-state index contributed by atoms with van der Waals surface area (Å²) in [5.41, 5.74) is 3.13. The predicted octanol–water partition coefficient (Wildman–Crippen LogP) is 4.70. The lowest BCUT2D eigenvalue weighted by molar-refractivity contribution is 0.0743. The van der Waals surface area contributed by atoms with Gasteiger partial charge in [0.25, 0.3) is 0 Å². The highest BCUT2D eigenvalue weighted by atomic mass is 16.3. The van der Waals surface area contributed by atoms with Crippen LogP contribution in [0.25, 0.3) is 0 Å². The lowest BCUT2D eigenvalue weighted by Gasteiger charge is -2.33. The fourth-order valence-electron chi connectivity index (χ4n) is 3.23. The number of hydrogen-bond acceptors (Lipinski definition) is 2. The van der Waals surface area contributed by atoms with Crippen molar-refractivity contribution < 1.29 is 9.90 Å². The summed E-state index contributed by atoms with van der Waals surface area (Å²) in [6, 6.07) is 7.47. The first-order chi connectivity index (χ1) is 10.3. The van der Waals surface area contributed by atoms with Crippen molar-refractivity contribution in [1.82, 2.24) is 0 Å². The molecule has 0 unspecified atom stereocenters. The number of Topliss-reactive ketones (excluding diaryl/α,β-unsaturated/α-hetero) is 1. The van der Waals surface area contributed by atoms with E-state index in [2.05, 4.69) is 26.8 Å². The topological polar surface area (TPSA) is 37.3 Å². The Morgan fingerprint density at radius 1 is 1.32 bits per heavy atom. The van der Waals surface area contributed by atoms with E-state index in [1.165, 1.54) is 5.57 Å². The Morgan fingerprint density at radius 2 is 2.00 bits per heavy atom. The highest BCUT2D eigenvalue weighted by Crippen LogP contribution is 2.38. The Hall–Kier alpha value is -1.41. The third-order valence-electron chi connectivity index (χ3n) is 4.90. The molecule has 120 valence electrons. The number of rotatable bonds is 4. The average molecular weight is 300 g/mol. The molecule has 0 heterocycles. The van der Waals surface area contributed by atoms with Crippen molar-refractivity contribution in [1.29, 1.82) is 0 Å². The van der Waals surface area contributed by atoms with E-state index >= 15 is 0 Å². The third-order valence-corrected chi connectivity index (χ3v) is 4.90. The number of carbonyl (C=O) groups is 1. The standard InChI is InChI=1S/C20H28O2/c1-14-7-5-6-8-17(14)19(22)18(21)13-15-9-11-16(12-10-15)20(2,3)4/h5-9,16,18,21H,10-13H2,1-4H3/t16-,18+/m1/s1. The van der Waals surface area contributed by atoms with Gasteiger partial charge in [0.1, 0.15) is 6.10 Å². The predicted molar refractivity (Wildman–Crippen MR) is 91.0 cm³/mol. The van der Waals surface area contributed by atoms with E-state index in [9.17, 15) is 9.90 Å². The molecule has 1 aromatic carbocycles. The number of ketones is 1. The zero-order valence-electron chi connectivity index (χ0n) is 14.2. The first-order valence-electron chi connectivity index (χ1n) is 8.25. The van der Waals surface area contributed by atoms with Crippen molar-refractivity contribution in [2.75, 3.05) is 0 Å². The molecular weight excluding hydrogens is 272 g/mol. The third kappa shape index (κ3) is 4.07. The maximum absolute atomic E-state index is 12.4. The van der Waals surface area contributed by atoms with E-state index in [4.69, 9.17) is 0 Å². The van der Waals surface area contributed by atoms with Gasteiger partial charge in [0, 0.05) is 12.0 Å². The number of hydrogen-bond donors (Lipinski definition) is 1. The Bertz CT molecular complexity index is 563. The quantitative estimate of drug-likeness (QED) is 0.646. The minimum Gasteiger partial charge on any atom is -0.385 e. The zero-order valence-corrected chi connectivity index (χ0v) is 14.2.